The molecule has 134 valence electrons. The standard InChI is InChI=1S/C20H23N5O/c26-19(23-12-16-4-1-2-8-21-16)14-25-10-6-15(7-11-25)18-13-24-20-17(18)5-3-9-22-20/h1-5,8-9,13,15H,6-7,10-12,14H2,(H,22,24)(H,23,26). The third-order valence-corrected chi connectivity index (χ3v) is 5.07. The number of amides is 1. The molecule has 3 aromatic heterocycles. The molecule has 1 aliphatic rings. The Morgan fingerprint density at radius 3 is 2.81 bits per heavy atom. The van der Waals surface area contributed by atoms with Gasteiger partial charge in [0.25, 0.3) is 0 Å². The number of pyridine rings is 2. The largest absolute Gasteiger partial charge is 0.349 e. The maximum Gasteiger partial charge on any atom is 0.234 e. The van der Waals surface area contributed by atoms with Gasteiger partial charge in [0.15, 0.2) is 0 Å². The number of piperidine rings is 1. The van der Waals surface area contributed by atoms with E-state index in [9.17, 15) is 4.79 Å². The molecule has 1 aliphatic heterocycles. The topological polar surface area (TPSA) is 73.9 Å². The monoisotopic (exact) mass is 349 g/mol. The Hall–Kier alpha value is -2.73. The van der Waals surface area contributed by atoms with Gasteiger partial charge in [-0.3, -0.25) is 14.7 Å². The second-order valence-electron chi connectivity index (χ2n) is 6.79. The zero-order valence-electron chi connectivity index (χ0n) is 14.7. The predicted octanol–water partition coefficient (Wildman–Crippen LogP) is 2.45. The van der Waals surface area contributed by atoms with Crippen molar-refractivity contribution in [1.29, 1.82) is 0 Å². The molecule has 0 radical (unpaired) electrons. The van der Waals surface area contributed by atoms with Gasteiger partial charge in [0, 0.05) is 24.0 Å². The number of fused-ring (bicyclic) bond motifs is 1. The lowest BCUT2D eigenvalue weighted by Crippen LogP contribution is -2.41. The molecule has 2 N–H and O–H groups in total. The van der Waals surface area contributed by atoms with Crippen LogP contribution in [0.4, 0.5) is 0 Å². The second-order valence-corrected chi connectivity index (χ2v) is 6.79. The van der Waals surface area contributed by atoms with Gasteiger partial charge in [-0.2, -0.15) is 0 Å². The minimum absolute atomic E-state index is 0.0606. The van der Waals surface area contributed by atoms with Crippen LogP contribution in [0, 0.1) is 0 Å². The Balaban J connectivity index is 1.28. The number of carbonyl (C=O) groups is 1. The average molecular weight is 349 g/mol. The minimum atomic E-state index is 0.0606. The molecule has 4 rings (SSSR count). The van der Waals surface area contributed by atoms with Crippen LogP contribution in [-0.2, 0) is 11.3 Å². The molecule has 0 unspecified atom stereocenters. The highest BCUT2D eigenvalue weighted by atomic mass is 16.2. The quantitative estimate of drug-likeness (QED) is 0.742. The molecule has 0 spiro atoms. The van der Waals surface area contributed by atoms with Crippen molar-refractivity contribution >= 4 is 16.9 Å². The summed E-state index contributed by atoms with van der Waals surface area (Å²) in [7, 11) is 0. The lowest BCUT2D eigenvalue weighted by atomic mass is 9.89. The van der Waals surface area contributed by atoms with Crippen LogP contribution in [0.25, 0.3) is 11.0 Å². The zero-order valence-corrected chi connectivity index (χ0v) is 14.7. The highest BCUT2D eigenvalue weighted by Crippen LogP contribution is 2.32. The number of hydrogen-bond donors (Lipinski definition) is 2. The van der Waals surface area contributed by atoms with E-state index < -0.39 is 0 Å². The lowest BCUT2D eigenvalue weighted by molar-refractivity contribution is -0.122. The van der Waals surface area contributed by atoms with Gasteiger partial charge >= 0.3 is 0 Å². The number of carbonyl (C=O) groups excluding carboxylic acids is 1. The van der Waals surface area contributed by atoms with Crippen molar-refractivity contribution in [2.45, 2.75) is 25.3 Å². The van der Waals surface area contributed by atoms with Crippen molar-refractivity contribution in [2.24, 2.45) is 0 Å². The summed E-state index contributed by atoms with van der Waals surface area (Å²) in [4.78, 5) is 26.3. The van der Waals surface area contributed by atoms with E-state index in [1.54, 1.807) is 6.20 Å². The van der Waals surface area contributed by atoms with Gasteiger partial charge in [0.1, 0.15) is 5.65 Å². The fraction of sp³-hybridized carbons (Fsp3) is 0.350. The van der Waals surface area contributed by atoms with Crippen LogP contribution < -0.4 is 5.32 Å². The first-order valence-electron chi connectivity index (χ1n) is 9.10. The SMILES string of the molecule is O=C(CN1CCC(c2c[nH]c3ncccc23)CC1)NCc1ccccn1. The van der Waals surface area contributed by atoms with Crippen LogP contribution in [0.15, 0.2) is 48.9 Å². The summed E-state index contributed by atoms with van der Waals surface area (Å²) >= 11 is 0. The molecule has 6 heteroatoms. The third kappa shape index (κ3) is 3.75. The lowest BCUT2D eigenvalue weighted by Gasteiger charge is -2.31. The van der Waals surface area contributed by atoms with Crippen LogP contribution in [0.5, 0.6) is 0 Å². The van der Waals surface area contributed by atoms with Crippen LogP contribution in [-0.4, -0.2) is 45.4 Å². The first kappa shape index (κ1) is 16.7. The molecule has 0 bridgehead atoms. The summed E-state index contributed by atoms with van der Waals surface area (Å²) in [5.74, 6) is 0.589. The van der Waals surface area contributed by atoms with Gasteiger partial charge in [-0.05, 0) is 61.7 Å². The smallest absolute Gasteiger partial charge is 0.234 e. The van der Waals surface area contributed by atoms with E-state index >= 15 is 0 Å². The molecule has 1 amide bonds. The van der Waals surface area contributed by atoms with E-state index in [0.717, 1.165) is 37.3 Å². The zero-order chi connectivity index (χ0) is 17.8. The molecule has 0 aliphatic carbocycles. The van der Waals surface area contributed by atoms with Crippen molar-refractivity contribution < 1.29 is 4.79 Å². The second kappa shape index (κ2) is 7.66. The molecular weight excluding hydrogens is 326 g/mol. The van der Waals surface area contributed by atoms with Gasteiger partial charge in [0.05, 0.1) is 18.8 Å². The van der Waals surface area contributed by atoms with Crippen molar-refractivity contribution in [3.63, 3.8) is 0 Å². The van der Waals surface area contributed by atoms with Crippen molar-refractivity contribution in [3.8, 4) is 0 Å². The van der Waals surface area contributed by atoms with Crippen molar-refractivity contribution in [3.05, 3.63) is 60.2 Å². The molecule has 0 atom stereocenters. The number of rotatable bonds is 5. The number of nitrogens with zero attached hydrogens (tertiary/aromatic N) is 3. The van der Waals surface area contributed by atoms with Crippen molar-refractivity contribution in [1.82, 2.24) is 25.2 Å². The number of nitrogens with one attached hydrogen (secondary N) is 2. The number of aromatic amines is 1. The molecule has 1 saturated heterocycles. The Morgan fingerprint density at radius 2 is 2.00 bits per heavy atom. The number of H-pyrrole nitrogens is 1. The van der Waals surface area contributed by atoms with E-state index in [0.29, 0.717) is 19.0 Å². The average Bonchev–Trinajstić information content (AvgIpc) is 3.12. The summed E-state index contributed by atoms with van der Waals surface area (Å²) < 4.78 is 0. The predicted molar refractivity (Wildman–Crippen MR) is 101 cm³/mol. The van der Waals surface area contributed by atoms with Gasteiger partial charge in [0.2, 0.25) is 5.91 Å². The van der Waals surface area contributed by atoms with E-state index in [4.69, 9.17) is 0 Å². The van der Waals surface area contributed by atoms with Gasteiger partial charge in [-0.15, -0.1) is 0 Å². The Kier molecular flexibility index (Phi) is 4.93. The first-order valence-corrected chi connectivity index (χ1v) is 9.10. The highest BCUT2D eigenvalue weighted by molar-refractivity contribution is 5.80. The third-order valence-electron chi connectivity index (χ3n) is 5.07. The summed E-state index contributed by atoms with van der Waals surface area (Å²) in [6, 6.07) is 9.84. The van der Waals surface area contributed by atoms with E-state index in [-0.39, 0.29) is 5.91 Å². The van der Waals surface area contributed by atoms with Crippen LogP contribution >= 0.6 is 0 Å². The Bertz CT molecular complexity index is 868. The van der Waals surface area contributed by atoms with Gasteiger partial charge < -0.3 is 10.3 Å². The van der Waals surface area contributed by atoms with Gasteiger partial charge in [-0.25, -0.2) is 4.98 Å². The fourth-order valence-electron chi connectivity index (χ4n) is 3.67. The maximum absolute atomic E-state index is 12.2. The Labute approximate surface area is 152 Å². The van der Waals surface area contributed by atoms with Crippen molar-refractivity contribution in [2.75, 3.05) is 19.6 Å². The van der Waals surface area contributed by atoms with E-state index in [1.807, 2.05) is 30.5 Å². The summed E-state index contributed by atoms with van der Waals surface area (Å²) in [5, 5.41) is 4.17. The minimum Gasteiger partial charge on any atom is -0.349 e. The molecule has 0 saturated carbocycles. The summed E-state index contributed by atoms with van der Waals surface area (Å²) in [6.45, 7) is 2.82. The first-order chi connectivity index (χ1) is 12.8. The molecule has 1 fully saturated rings. The maximum atomic E-state index is 12.2. The Morgan fingerprint density at radius 1 is 1.15 bits per heavy atom. The number of likely N-dealkylation sites (tertiary alicyclic amines) is 1. The van der Waals surface area contributed by atoms with Crippen LogP contribution in [0.3, 0.4) is 0 Å². The van der Waals surface area contributed by atoms with Gasteiger partial charge in [-0.1, -0.05) is 6.07 Å². The molecule has 3 aromatic rings. The van der Waals surface area contributed by atoms with Crippen LogP contribution in [0.1, 0.15) is 30.0 Å². The normalized spacial score (nSPS) is 16.0. The molecule has 6 nitrogen and oxygen atoms in total. The molecular formula is C20H23N5O. The van der Waals surface area contributed by atoms with E-state index in [2.05, 4.69) is 37.4 Å². The highest BCUT2D eigenvalue weighted by Gasteiger charge is 2.24. The summed E-state index contributed by atoms with van der Waals surface area (Å²) in [6.07, 6.45) is 7.78. The number of aromatic nitrogens is 3. The van der Waals surface area contributed by atoms with E-state index in [1.165, 1.54) is 10.9 Å². The number of hydrogen-bond acceptors (Lipinski definition) is 4. The molecule has 4 heterocycles. The molecule has 0 aromatic carbocycles. The summed E-state index contributed by atoms with van der Waals surface area (Å²) in [5.41, 5.74) is 3.19. The fourth-order valence-corrected chi connectivity index (χ4v) is 3.67. The van der Waals surface area contributed by atoms with Crippen LogP contribution in [0.2, 0.25) is 0 Å². The molecule has 26 heavy (non-hydrogen) atoms.